The summed E-state index contributed by atoms with van der Waals surface area (Å²) < 4.78 is 33.1. The molecule has 17 heteroatoms. The van der Waals surface area contributed by atoms with E-state index >= 15 is 0 Å². The monoisotopic (exact) mass is 686 g/mol. The van der Waals surface area contributed by atoms with Crippen LogP contribution in [-0.4, -0.2) is 169 Å². The zero-order valence-corrected chi connectivity index (χ0v) is 26.8. The fourth-order valence-electron chi connectivity index (χ4n) is 5.95. The van der Waals surface area contributed by atoms with Crippen LogP contribution >= 0.6 is 0 Å². The van der Waals surface area contributed by atoms with Crippen LogP contribution in [0, 0.1) is 0 Å². The van der Waals surface area contributed by atoms with E-state index in [0.29, 0.717) is 6.42 Å². The van der Waals surface area contributed by atoms with E-state index in [4.69, 9.17) is 28.4 Å². The van der Waals surface area contributed by atoms with Gasteiger partial charge < -0.3 is 79.5 Å². The summed E-state index contributed by atoms with van der Waals surface area (Å²) in [5, 5.41) is 103. The molecule has 47 heavy (non-hydrogen) atoms. The highest BCUT2D eigenvalue weighted by atomic mass is 16.8. The van der Waals surface area contributed by atoms with Crippen LogP contribution in [0.4, 0.5) is 0 Å². The van der Waals surface area contributed by atoms with Gasteiger partial charge in [-0.05, 0) is 6.42 Å². The van der Waals surface area contributed by atoms with Gasteiger partial charge in [0.15, 0.2) is 6.29 Å². The summed E-state index contributed by atoms with van der Waals surface area (Å²) in [5.41, 5.74) is 0. The minimum absolute atomic E-state index is 0.122. The van der Waals surface area contributed by atoms with E-state index in [1.165, 1.54) is 25.7 Å². The molecule has 0 aliphatic carbocycles. The Labute approximate surface area is 273 Å². The SMILES string of the molecule is CCCCCCCCCCCC(=O)OC[C@H]1O[C@H](O[C@]2(CO[C@]3(CO)O[C@H](CO)[C@@H](O)[C@@H]3O)O[C@H](CO)[C@@H](O)[C@@H]2O)[C@H](O)[C@@H](O)[C@@H]1O. The van der Waals surface area contributed by atoms with E-state index in [0.717, 1.165) is 25.7 Å². The molecule has 13 atom stereocenters. The van der Waals surface area contributed by atoms with Crippen LogP contribution in [0.1, 0.15) is 71.1 Å². The molecular formula is C30H54O17. The van der Waals surface area contributed by atoms with Gasteiger partial charge in [-0.1, -0.05) is 58.3 Å². The number of unbranched alkanes of at least 4 members (excludes halogenated alkanes) is 8. The molecule has 17 nitrogen and oxygen atoms in total. The van der Waals surface area contributed by atoms with Crippen molar-refractivity contribution in [2.75, 3.05) is 33.0 Å². The number of carbonyl (C=O) groups is 1. The molecular weight excluding hydrogens is 632 g/mol. The Morgan fingerprint density at radius 1 is 0.660 bits per heavy atom. The minimum Gasteiger partial charge on any atom is -0.463 e. The minimum atomic E-state index is -2.54. The highest BCUT2D eigenvalue weighted by molar-refractivity contribution is 5.69. The van der Waals surface area contributed by atoms with E-state index in [-0.39, 0.29) is 6.42 Å². The van der Waals surface area contributed by atoms with Gasteiger partial charge in [-0.2, -0.15) is 0 Å². The van der Waals surface area contributed by atoms with E-state index < -0.39 is 118 Å². The van der Waals surface area contributed by atoms with E-state index in [9.17, 15) is 55.9 Å². The van der Waals surface area contributed by atoms with Crippen molar-refractivity contribution in [1.82, 2.24) is 0 Å². The highest BCUT2D eigenvalue weighted by Gasteiger charge is 2.62. The van der Waals surface area contributed by atoms with Gasteiger partial charge in [0.05, 0.1) is 13.2 Å². The van der Waals surface area contributed by atoms with E-state index in [1.54, 1.807) is 0 Å². The van der Waals surface area contributed by atoms with E-state index in [1.807, 2.05) is 0 Å². The van der Waals surface area contributed by atoms with Gasteiger partial charge in [0, 0.05) is 6.42 Å². The van der Waals surface area contributed by atoms with Crippen molar-refractivity contribution >= 4 is 5.97 Å². The predicted molar refractivity (Wildman–Crippen MR) is 157 cm³/mol. The largest absolute Gasteiger partial charge is 0.463 e. The molecule has 3 heterocycles. The van der Waals surface area contributed by atoms with Crippen molar-refractivity contribution in [1.29, 1.82) is 0 Å². The van der Waals surface area contributed by atoms with E-state index in [2.05, 4.69) is 6.92 Å². The summed E-state index contributed by atoms with van der Waals surface area (Å²) in [6.07, 6.45) is -9.64. The smallest absolute Gasteiger partial charge is 0.305 e. The van der Waals surface area contributed by atoms with Crippen molar-refractivity contribution in [3.8, 4) is 0 Å². The lowest BCUT2D eigenvalue weighted by molar-refractivity contribution is -0.399. The Balaban J connectivity index is 1.63. The van der Waals surface area contributed by atoms with Crippen LogP contribution in [0.2, 0.25) is 0 Å². The first-order valence-corrected chi connectivity index (χ1v) is 16.5. The number of esters is 1. The molecule has 0 aromatic rings. The third-order valence-electron chi connectivity index (χ3n) is 8.99. The maximum atomic E-state index is 12.4. The standard InChI is InChI=1S/C30H54O17/c1-2-3-4-5-6-7-8-9-10-11-20(34)42-14-19-21(35)24(38)25(39)28(44-19)47-30(27(41)23(37)18(13-32)46-30)16-43-29(15-33)26(40)22(36)17(12-31)45-29/h17-19,21-28,31-33,35-41H,2-16H2,1H3/t17-,18-,19-,21-,22-,23-,24+,25-,26+,27+,28-,29-,30+/m1/s1. The second-order valence-corrected chi connectivity index (χ2v) is 12.5. The number of aliphatic hydroxyl groups excluding tert-OH is 10. The molecule has 3 saturated heterocycles. The molecule has 3 rings (SSSR count). The summed E-state index contributed by atoms with van der Waals surface area (Å²) in [4.78, 5) is 12.4. The predicted octanol–water partition coefficient (Wildman–Crippen LogP) is -3.10. The molecule has 0 aromatic carbocycles. The van der Waals surface area contributed by atoms with Crippen LogP contribution in [-0.2, 0) is 33.2 Å². The topological polar surface area (TPSA) is 275 Å². The molecule has 3 fully saturated rings. The van der Waals surface area contributed by atoms with Gasteiger partial charge in [-0.25, -0.2) is 0 Å². The fourth-order valence-corrected chi connectivity index (χ4v) is 5.95. The lowest BCUT2D eigenvalue weighted by Gasteiger charge is -2.44. The molecule has 0 unspecified atom stereocenters. The van der Waals surface area contributed by atoms with Crippen LogP contribution in [0.5, 0.6) is 0 Å². The van der Waals surface area contributed by atoms with Gasteiger partial charge in [0.25, 0.3) is 0 Å². The molecule has 276 valence electrons. The molecule has 0 spiro atoms. The molecule has 0 bridgehead atoms. The van der Waals surface area contributed by atoms with Crippen molar-refractivity contribution < 1.29 is 84.3 Å². The highest BCUT2D eigenvalue weighted by Crippen LogP contribution is 2.40. The summed E-state index contributed by atoms with van der Waals surface area (Å²) >= 11 is 0. The first-order chi connectivity index (χ1) is 22.4. The van der Waals surface area contributed by atoms with Gasteiger partial charge in [-0.15, -0.1) is 0 Å². The molecule has 0 aromatic heterocycles. The average Bonchev–Trinajstić information content (AvgIpc) is 3.46. The maximum absolute atomic E-state index is 12.4. The lowest BCUT2D eigenvalue weighted by atomic mass is 9.98. The molecule has 0 saturated carbocycles. The molecule has 0 radical (unpaired) electrons. The van der Waals surface area contributed by atoms with Gasteiger partial charge in [0.1, 0.15) is 80.9 Å². The van der Waals surface area contributed by atoms with Crippen LogP contribution in [0.3, 0.4) is 0 Å². The number of rotatable bonds is 20. The third-order valence-corrected chi connectivity index (χ3v) is 8.99. The third kappa shape index (κ3) is 9.77. The normalized spacial score (nSPS) is 40.6. The number of hydrogen-bond acceptors (Lipinski definition) is 17. The van der Waals surface area contributed by atoms with Gasteiger partial charge in [-0.3, -0.25) is 4.79 Å². The van der Waals surface area contributed by atoms with Crippen molar-refractivity contribution in [3.05, 3.63) is 0 Å². The number of hydrogen-bond donors (Lipinski definition) is 10. The summed E-state index contributed by atoms with van der Waals surface area (Å²) in [6, 6.07) is 0. The lowest BCUT2D eigenvalue weighted by Crippen LogP contribution is -2.63. The summed E-state index contributed by atoms with van der Waals surface area (Å²) in [5.74, 6) is -5.48. The zero-order chi connectivity index (χ0) is 34.8. The Bertz CT molecular complexity index is 929. The summed E-state index contributed by atoms with van der Waals surface area (Å²) in [7, 11) is 0. The number of carbonyl (C=O) groups excluding carboxylic acids is 1. The second kappa shape index (κ2) is 18.7. The van der Waals surface area contributed by atoms with Gasteiger partial charge in [0.2, 0.25) is 11.6 Å². The summed E-state index contributed by atoms with van der Waals surface area (Å²) in [6.45, 7) is -2.04. The molecule has 0 amide bonds. The molecule has 3 aliphatic heterocycles. The zero-order valence-electron chi connectivity index (χ0n) is 26.8. The number of aliphatic hydroxyl groups is 10. The maximum Gasteiger partial charge on any atom is 0.305 e. The quantitative estimate of drug-likeness (QED) is 0.0449. The Morgan fingerprint density at radius 2 is 1.19 bits per heavy atom. The van der Waals surface area contributed by atoms with Gasteiger partial charge >= 0.3 is 5.97 Å². The van der Waals surface area contributed by atoms with Crippen LogP contribution in [0.25, 0.3) is 0 Å². The first kappa shape index (κ1) is 40.3. The fraction of sp³-hybridized carbons (Fsp3) is 0.967. The first-order valence-electron chi connectivity index (χ1n) is 16.5. The molecule has 10 N–H and O–H groups in total. The Kier molecular flexibility index (Phi) is 16.1. The Morgan fingerprint density at radius 3 is 1.72 bits per heavy atom. The van der Waals surface area contributed by atoms with Crippen LogP contribution < -0.4 is 0 Å². The molecule has 3 aliphatic rings. The second-order valence-electron chi connectivity index (χ2n) is 12.5. The van der Waals surface area contributed by atoms with Crippen molar-refractivity contribution in [2.24, 2.45) is 0 Å². The number of ether oxygens (including phenoxy) is 6. The van der Waals surface area contributed by atoms with Crippen molar-refractivity contribution in [3.63, 3.8) is 0 Å². The Hall–Kier alpha value is -1.13. The average molecular weight is 687 g/mol. The van der Waals surface area contributed by atoms with Crippen molar-refractivity contribution in [2.45, 2.75) is 150 Å². The van der Waals surface area contributed by atoms with Crippen LogP contribution in [0.15, 0.2) is 0 Å².